The number of hydrogen-bond donors (Lipinski definition) is 3. The summed E-state index contributed by atoms with van der Waals surface area (Å²) in [6, 6.07) is 1.18. The lowest BCUT2D eigenvalue weighted by molar-refractivity contribution is 0.176. The van der Waals surface area contributed by atoms with Gasteiger partial charge in [0, 0.05) is 30.6 Å². The number of oxime groups is 1. The van der Waals surface area contributed by atoms with Crippen LogP contribution in [-0.4, -0.2) is 47.7 Å². The zero-order valence-corrected chi connectivity index (χ0v) is 14.8. The highest BCUT2D eigenvalue weighted by atomic mass is 16.4. The summed E-state index contributed by atoms with van der Waals surface area (Å²) in [5.41, 5.74) is 5.46. The van der Waals surface area contributed by atoms with Crippen LogP contribution in [0.5, 0.6) is 0 Å². The Labute approximate surface area is 131 Å². The average molecular weight is 300 g/mol. The van der Waals surface area contributed by atoms with Gasteiger partial charge >= 0.3 is 0 Å². The highest BCUT2D eigenvalue weighted by molar-refractivity contribution is 5.85. The number of rotatable bonds is 11. The van der Waals surface area contributed by atoms with Crippen LogP contribution < -0.4 is 11.1 Å². The smallest absolute Gasteiger partial charge is 0.144 e. The van der Waals surface area contributed by atoms with Gasteiger partial charge in [-0.05, 0) is 47.1 Å². The summed E-state index contributed by atoms with van der Waals surface area (Å²) >= 11 is 0. The summed E-state index contributed by atoms with van der Waals surface area (Å²) in [7, 11) is 0. The predicted molar refractivity (Wildman–Crippen MR) is 90.9 cm³/mol. The van der Waals surface area contributed by atoms with E-state index in [0.29, 0.717) is 17.9 Å². The van der Waals surface area contributed by atoms with Crippen molar-refractivity contribution in [3.05, 3.63) is 0 Å². The summed E-state index contributed by atoms with van der Waals surface area (Å²) in [6.07, 6.45) is 3.13. The van der Waals surface area contributed by atoms with Crippen LogP contribution in [0.1, 0.15) is 60.8 Å². The van der Waals surface area contributed by atoms with Gasteiger partial charge in [-0.15, -0.1) is 0 Å². The maximum absolute atomic E-state index is 8.73. The van der Waals surface area contributed by atoms with Crippen LogP contribution in [0.4, 0.5) is 0 Å². The minimum Gasteiger partial charge on any atom is -0.409 e. The van der Waals surface area contributed by atoms with Crippen LogP contribution in [-0.2, 0) is 0 Å². The quantitative estimate of drug-likeness (QED) is 0.180. The zero-order chi connectivity index (χ0) is 16.5. The first-order chi connectivity index (χ1) is 9.72. The molecule has 5 heteroatoms. The third kappa shape index (κ3) is 8.27. The van der Waals surface area contributed by atoms with E-state index >= 15 is 0 Å². The molecule has 0 spiro atoms. The van der Waals surface area contributed by atoms with Crippen molar-refractivity contribution in [3.8, 4) is 0 Å². The molecule has 0 aromatic carbocycles. The van der Waals surface area contributed by atoms with E-state index in [0.717, 1.165) is 38.9 Å². The third-order valence-electron chi connectivity index (χ3n) is 4.08. The van der Waals surface area contributed by atoms with Gasteiger partial charge in [0.1, 0.15) is 5.84 Å². The molecule has 0 aliphatic rings. The molecule has 0 heterocycles. The molecule has 0 unspecified atom stereocenters. The van der Waals surface area contributed by atoms with E-state index in [1.165, 1.54) is 0 Å². The fourth-order valence-electron chi connectivity index (χ4n) is 2.53. The van der Waals surface area contributed by atoms with Crippen molar-refractivity contribution < 1.29 is 5.21 Å². The molecule has 0 rings (SSSR count). The molecule has 0 aliphatic heterocycles. The highest BCUT2D eigenvalue weighted by Crippen LogP contribution is 2.23. The van der Waals surface area contributed by atoms with Crippen molar-refractivity contribution in [2.75, 3.05) is 19.6 Å². The van der Waals surface area contributed by atoms with Crippen molar-refractivity contribution in [1.82, 2.24) is 10.2 Å². The number of nitrogens with one attached hydrogen (secondary N) is 1. The number of hydrogen-bond acceptors (Lipinski definition) is 4. The van der Waals surface area contributed by atoms with E-state index in [2.05, 4.69) is 43.1 Å². The number of amidine groups is 1. The lowest BCUT2D eigenvalue weighted by atomic mass is 9.86. The SMILES string of the molecule is CC(C)N(CCNCCCCC(C)(C)C(N)=NO)C(C)C. The Hall–Kier alpha value is -0.810. The minimum absolute atomic E-state index is 0.221. The summed E-state index contributed by atoms with van der Waals surface area (Å²) in [4.78, 5) is 2.49. The molecule has 5 nitrogen and oxygen atoms in total. The van der Waals surface area contributed by atoms with Crippen molar-refractivity contribution in [2.45, 2.75) is 72.9 Å². The first kappa shape index (κ1) is 20.2. The molecule has 126 valence electrons. The van der Waals surface area contributed by atoms with Crippen LogP contribution in [0, 0.1) is 5.41 Å². The van der Waals surface area contributed by atoms with Gasteiger partial charge in [-0.2, -0.15) is 0 Å². The van der Waals surface area contributed by atoms with Crippen LogP contribution in [0.3, 0.4) is 0 Å². The fourth-order valence-corrected chi connectivity index (χ4v) is 2.53. The topological polar surface area (TPSA) is 73.9 Å². The van der Waals surface area contributed by atoms with Gasteiger partial charge in [-0.1, -0.05) is 25.4 Å². The zero-order valence-electron chi connectivity index (χ0n) is 14.8. The summed E-state index contributed by atoms with van der Waals surface area (Å²) < 4.78 is 0. The van der Waals surface area contributed by atoms with Gasteiger partial charge in [0.2, 0.25) is 0 Å². The van der Waals surface area contributed by atoms with Crippen molar-refractivity contribution in [3.63, 3.8) is 0 Å². The van der Waals surface area contributed by atoms with E-state index in [4.69, 9.17) is 10.9 Å². The molecule has 0 aliphatic carbocycles. The van der Waals surface area contributed by atoms with Crippen molar-refractivity contribution in [2.24, 2.45) is 16.3 Å². The summed E-state index contributed by atoms with van der Waals surface area (Å²) in [5.74, 6) is 0.319. The maximum atomic E-state index is 8.73. The average Bonchev–Trinajstić information content (AvgIpc) is 2.39. The lowest BCUT2D eigenvalue weighted by Crippen LogP contribution is -2.41. The molecule has 0 amide bonds. The molecule has 4 N–H and O–H groups in total. The number of nitrogens with two attached hydrogens (primary N) is 1. The largest absolute Gasteiger partial charge is 0.409 e. The van der Waals surface area contributed by atoms with Crippen molar-refractivity contribution >= 4 is 5.84 Å². The summed E-state index contributed by atoms with van der Waals surface area (Å²) in [5, 5.41) is 15.3. The summed E-state index contributed by atoms with van der Waals surface area (Å²) in [6.45, 7) is 16.1. The Kier molecular flexibility index (Phi) is 9.62. The fraction of sp³-hybridized carbons (Fsp3) is 0.938. The van der Waals surface area contributed by atoms with Crippen LogP contribution in [0.2, 0.25) is 0 Å². The Balaban J connectivity index is 3.74. The van der Waals surface area contributed by atoms with Crippen LogP contribution in [0.25, 0.3) is 0 Å². The molecule has 0 aromatic heterocycles. The monoisotopic (exact) mass is 300 g/mol. The number of nitrogens with zero attached hydrogens (tertiary/aromatic N) is 2. The van der Waals surface area contributed by atoms with Crippen LogP contribution in [0.15, 0.2) is 5.16 Å². The van der Waals surface area contributed by atoms with Gasteiger partial charge in [0.25, 0.3) is 0 Å². The molecule has 0 aromatic rings. The molecule has 0 atom stereocenters. The molecule has 21 heavy (non-hydrogen) atoms. The second-order valence-electron chi connectivity index (χ2n) is 7.00. The van der Waals surface area contributed by atoms with Gasteiger partial charge < -0.3 is 16.3 Å². The Morgan fingerprint density at radius 3 is 2.19 bits per heavy atom. The second kappa shape index (κ2) is 10.0. The lowest BCUT2D eigenvalue weighted by Gasteiger charge is -2.30. The molecule has 0 saturated carbocycles. The Morgan fingerprint density at radius 1 is 1.14 bits per heavy atom. The standard InChI is InChI=1S/C16H36N4O/c1-13(2)20(14(3)4)12-11-18-10-8-7-9-16(5,6)15(17)19-21/h13-14,18,21H,7-12H2,1-6H3,(H2,17,19). The minimum atomic E-state index is -0.221. The predicted octanol–water partition coefficient (Wildman–Crippen LogP) is 2.64. The molecule has 0 fully saturated rings. The van der Waals surface area contributed by atoms with Gasteiger partial charge in [-0.25, -0.2) is 0 Å². The maximum Gasteiger partial charge on any atom is 0.144 e. The van der Waals surface area contributed by atoms with E-state index < -0.39 is 0 Å². The van der Waals surface area contributed by atoms with Gasteiger partial charge in [0.15, 0.2) is 0 Å². The van der Waals surface area contributed by atoms with E-state index in [1.54, 1.807) is 0 Å². The number of unbranched alkanes of at least 4 members (excludes halogenated alkanes) is 1. The first-order valence-corrected chi connectivity index (χ1v) is 8.16. The van der Waals surface area contributed by atoms with Crippen LogP contribution >= 0.6 is 0 Å². The normalized spacial score (nSPS) is 13.7. The van der Waals surface area contributed by atoms with E-state index in [-0.39, 0.29) is 5.41 Å². The third-order valence-corrected chi connectivity index (χ3v) is 4.08. The molecular weight excluding hydrogens is 264 g/mol. The molecular formula is C16H36N4O. The molecule has 0 saturated heterocycles. The Morgan fingerprint density at radius 2 is 1.71 bits per heavy atom. The van der Waals surface area contributed by atoms with E-state index in [1.807, 2.05) is 13.8 Å². The highest BCUT2D eigenvalue weighted by Gasteiger charge is 2.22. The van der Waals surface area contributed by atoms with Gasteiger partial charge in [-0.3, -0.25) is 4.90 Å². The Bertz CT molecular complexity index is 293. The second-order valence-corrected chi connectivity index (χ2v) is 7.00. The molecule has 0 radical (unpaired) electrons. The molecule has 0 bridgehead atoms. The van der Waals surface area contributed by atoms with Crippen molar-refractivity contribution in [1.29, 1.82) is 0 Å². The van der Waals surface area contributed by atoms with Gasteiger partial charge in [0.05, 0.1) is 0 Å². The first-order valence-electron chi connectivity index (χ1n) is 8.16. The van der Waals surface area contributed by atoms with E-state index in [9.17, 15) is 0 Å².